The van der Waals surface area contributed by atoms with Crippen molar-refractivity contribution in [3.8, 4) is 11.8 Å². The van der Waals surface area contributed by atoms with Crippen molar-refractivity contribution in [3.63, 3.8) is 0 Å². The zero-order valence-corrected chi connectivity index (χ0v) is 8.93. The molecule has 0 saturated heterocycles. The summed E-state index contributed by atoms with van der Waals surface area (Å²) >= 11 is 0. The monoisotopic (exact) mass is 180 g/mol. The van der Waals surface area contributed by atoms with Gasteiger partial charge in [-0.05, 0) is 39.5 Å². The lowest BCUT2D eigenvalue weighted by Gasteiger charge is -2.11. The quantitative estimate of drug-likeness (QED) is 0.615. The highest BCUT2D eigenvalue weighted by atomic mass is 16.3. The molecular formula is C12H20O. The minimum absolute atomic E-state index is 0.0886. The normalized spacial score (nSPS) is 28.3. The molecule has 1 aliphatic carbocycles. The summed E-state index contributed by atoms with van der Waals surface area (Å²) in [6, 6.07) is 0. The minimum atomic E-state index is -0.0886. The SMILES string of the molecule is CC(C)(C)C#CCC1CCCC1O. The molecule has 2 unspecified atom stereocenters. The second-order valence-electron chi connectivity index (χ2n) is 5.01. The molecule has 0 aromatic rings. The third-order valence-corrected chi connectivity index (χ3v) is 2.45. The van der Waals surface area contributed by atoms with E-state index in [1.54, 1.807) is 0 Å². The van der Waals surface area contributed by atoms with Crippen LogP contribution in [-0.2, 0) is 0 Å². The molecular weight excluding hydrogens is 160 g/mol. The Balaban J connectivity index is 2.36. The van der Waals surface area contributed by atoms with Gasteiger partial charge < -0.3 is 5.11 Å². The van der Waals surface area contributed by atoms with Crippen molar-refractivity contribution in [2.75, 3.05) is 0 Å². The summed E-state index contributed by atoms with van der Waals surface area (Å²) in [5.74, 6) is 6.84. The van der Waals surface area contributed by atoms with Crippen LogP contribution >= 0.6 is 0 Å². The Hall–Kier alpha value is -0.480. The molecule has 74 valence electrons. The number of aliphatic hydroxyl groups excluding tert-OH is 1. The first kappa shape index (κ1) is 10.6. The summed E-state index contributed by atoms with van der Waals surface area (Å²) < 4.78 is 0. The van der Waals surface area contributed by atoms with Crippen molar-refractivity contribution >= 4 is 0 Å². The Kier molecular flexibility index (Phi) is 3.39. The van der Waals surface area contributed by atoms with E-state index in [9.17, 15) is 5.11 Å². The Morgan fingerprint density at radius 2 is 2.00 bits per heavy atom. The predicted octanol–water partition coefficient (Wildman–Crippen LogP) is 2.59. The Morgan fingerprint density at radius 3 is 2.46 bits per heavy atom. The maximum atomic E-state index is 9.55. The van der Waals surface area contributed by atoms with E-state index in [0.29, 0.717) is 5.92 Å². The lowest BCUT2D eigenvalue weighted by Crippen LogP contribution is -2.12. The second kappa shape index (κ2) is 4.15. The van der Waals surface area contributed by atoms with Crippen LogP contribution in [0.3, 0.4) is 0 Å². The topological polar surface area (TPSA) is 20.2 Å². The largest absolute Gasteiger partial charge is 0.393 e. The first-order valence-corrected chi connectivity index (χ1v) is 5.17. The average Bonchev–Trinajstić information content (AvgIpc) is 2.34. The Morgan fingerprint density at radius 1 is 1.31 bits per heavy atom. The van der Waals surface area contributed by atoms with E-state index in [-0.39, 0.29) is 11.5 Å². The fourth-order valence-corrected chi connectivity index (χ4v) is 1.70. The van der Waals surface area contributed by atoms with Gasteiger partial charge in [0.1, 0.15) is 0 Å². The number of hydrogen-bond acceptors (Lipinski definition) is 1. The van der Waals surface area contributed by atoms with Crippen molar-refractivity contribution in [1.82, 2.24) is 0 Å². The molecule has 0 amide bonds. The van der Waals surface area contributed by atoms with Gasteiger partial charge in [0.05, 0.1) is 6.10 Å². The zero-order valence-electron chi connectivity index (χ0n) is 8.93. The van der Waals surface area contributed by atoms with Crippen molar-refractivity contribution in [1.29, 1.82) is 0 Å². The fraction of sp³-hybridized carbons (Fsp3) is 0.833. The van der Waals surface area contributed by atoms with Crippen LogP contribution in [-0.4, -0.2) is 11.2 Å². The predicted molar refractivity (Wildman–Crippen MR) is 55.2 cm³/mol. The molecule has 13 heavy (non-hydrogen) atoms. The van der Waals surface area contributed by atoms with Gasteiger partial charge in [-0.25, -0.2) is 0 Å². The first-order chi connectivity index (χ1) is 5.99. The van der Waals surface area contributed by atoms with Gasteiger partial charge >= 0.3 is 0 Å². The van der Waals surface area contributed by atoms with Gasteiger partial charge in [0.25, 0.3) is 0 Å². The second-order valence-corrected chi connectivity index (χ2v) is 5.01. The average molecular weight is 180 g/mol. The standard InChI is InChI=1S/C12H20O/c1-12(2,3)9-5-7-10-6-4-8-11(10)13/h10-11,13H,4,6-8H2,1-3H3. The van der Waals surface area contributed by atoms with Gasteiger partial charge in [-0.2, -0.15) is 0 Å². The Labute approximate surface area is 81.5 Å². The summed E-state index contributed by atoms with van der Waals surface area (Å²) in [4.78, 5) is 0. The van der Waals surface area contributed by atoms with Gasteiger partial charge in [-0.3, -0.25) is 0 Å². The lowest BCUT2D eigenvalue weighted by molar-refractivity contribution is 0.135. The highest BCUT2D eigenvalue weighted by Crippen LogP contribution is 2.27. The molecule has 1 fully saturated rings. The van der Waals surface area contributed by atoms with Crippen molar-refractivity contribution < 1.29 is 5.11 Å². The summed E-state index contributed by atoms with van der Waals surface area (Å²) in [5.41, 5.74) is 0.101. The van der Waals surface area contributed by atoms with Crippen LogP contribution in [0.2, 0.25) is 0 Å². The number of hydrogen-bond donors (Lipinski definition) is 1. The molecule has 1 heteroatoms. The first-order valence-electron chi connectivity index (χ1n) is 5.17. The van der Waals surface area contributed by atoms with Gasteiger partial charge in [0.15, 0.2) is 0 Å². The van der Waals surface area contributed by atoms with Crippen molar-refractivity contribution in [2.24, 2.45) is 11.3 Å². The summed E-state index contributed by atoms with van der Waals surface area (Å²) in [6.45, 7) is 6.35. The molecule has 2 atom stereocenters. The molecule has 0 heterocycles. The molecule has 1 N–H and O–H groups in total. The molecule has 0 radical (unpaired) electrons. The fourth-order valence-electron chi connectivity index (χ4n) is 1.70. The van der Waals surface area contributed by atoms with Gasteiger partial charge in [0.2, 0.25) is 0 Å². The van der Waals surface area contributed by atoms with E-state index in [1.807, 2.05) is 0 Å². The van der Waals surface area contributed by atoms with Crippen molar-refractivity contribution in [2.45, 2.75) is 52.6 Å². The zero-order chi connectivity index (χ0) is 9.90. The minimum Gasteiger partial charge on any atom is -0.393 e. The molecule has 1 aliphatic rings. The van der Waals surface area contributed by atoms with Crippen LogP contribution in [0.5, 0.6) is 0 Å². The van der Waals surface area contributed by atoms with Crippen LogP contribution < -0.4 is 0 Å². The molecule has 0 spiro atoms. The van der Waals surface area contributed by atoms with E-state index in [4.69, 9.17) is 0 Å². The Bertz CT molecular complexity index is 214. The van der Waals surface area contributed by atoms with Crippen LogP contribution in [0.25, 0.3) is 0 Å². The van der Waals surface area contributed by atoms with Gasteiger partial charge in [-0.1, -0.05) is 12.3 Å². The molecule has 1 saturated carbocycles. The van der Waals surface area contributed by atoms with E-state index in [0.717, 1.165) is 19.3 Å². The molecule has 0 aromatic carbocycles. The van der Waals surface area contributed by atoms with Crippen LogP contribution in [0, 0.1) is 23.2 Å². The third-order valence-electron chi connectivity index (χ3n) is 2.45. The molecule has 0 aliphatic heterocycles. The van der Waals surface area contributed by atoms with Crippen molar-refractivity contribution in [3.05, 3.63) is 0 Å². The highest BCUT2D eigenvalue weighted by Gasteiger charge is 2.23. The molecule has 0 aromatic heterocycles. The maximum absolute atomic E-state index is 9.55. The van der Waals surface area contributed by atoms with Crippen LogP contribution in [0.4, 0.5) is 0 Å². The van der Waals surface area contributed by atoms with Gasteiger partial charge in [0, 0.05) is 11.8 Å². The van der Waals surface area contributed by atoms with E-state index in [2.05, 4.69) is 32.6 Å². The van der Waals surface area contributed by atoms with Crippen LogP contribution in [0.1, 0.15) is 46.5 Å². The summed E-state index contributed by atoms with van der Waals surface area (Å²) in [7, 11) is 0. The lowest BCUT2D eigenvalue weighted by atomic mass is 9.96. The van der Waals surface area contributed by atoms with E-state index >= 15 is 0 Å². The van der Waals surface area contributed by atoms with Gasteiger partial charge in [-0.15, -0.1) is 5.92 Å². The maximum Gasteiger partial charge on any atom is 0.0577 e. The smallest absolute Gasteiger partial charge is 0.0577 e. The number of rotatable bonds is 1. The van der Waals surface area contributed by atoms with E-state index < -0.39 is 0 Å². The molecule has 1 nitrogen and oxygen atoms in total. The van der Waals surface area contributed by atoms with E-state index in [1.165, 1.54) is 6.42 Å². The highest BCUT2D eigenvalue weighted by molar-refractivity contribution is 5.08. The molecule has 0 bridgehead atoms. The summed E-state index contributed by atoms with van der Waals surface area (Å²) in [5, 5.41) is 9.55. The van der Waals surface area contributed by atoms with Crippen LogP contribution in [0.15, 0.2) is 0 Å². The summed E-state index contributed by atoms with van der Waals surface area (Å²) in [6.07, 6.45) is 4.08. The third kappa shape index (κ3) is 3.83. The number of aliphatic hydroxyl groups is 1. The molecule has 1 rings (SSSR count).